The van der Waals surface area contributed by atoms with Gasteiger partial charge in [0.15, 0.2) is 11.5 Å². The average Bonchev–Trinajstić information content (AvgIpc) is 3.12. The third kappa shape index (κ3) is 5.89. The number of ether oxygens (including phenoxy) is 2. The minimum Gasteiger partial charge on any atom is -0.504 e. The molecule has 3 N–H and O–H groups in total. The predicted molar refractivity (Wildman–Crippen MR) is 125 cm³/mol. The molecule has 2 amide bonds. The number of amides is 2. The van der Waals surface area contributed by atoms with Crippen molar-refractivity contribution in [2.45, 2.75) is 40.0 Å². The number of aromatic hydroxyl groups is 1. The second-order valence-corrected chi connectivity index (χ2v) is 8.69. The van der Waals surface area contributed by atoms with E-state index in [0.29, 0.717) is 28.7 Å². The highest BCUT2D eigenvalue weighted by Gasteiger charge is 2.30. The van der Waals surface area contributed by atoms with Crippen LogP contribution in [0.5, 0.6) is 11.5 Å². The first kappa shape index (κ1) is 24.2. The van der Waals surface area contributed by atoms with Crippen molar-refractivity contribution in [2.75, 3.05) is 18.5 Å². The van der Waals surface area contributed by atoms with E-state index in [0.717, 1.165) is 29.7 Å². The number of hydrogen-bond donors (Lipinski definition) is 3. The van der Waals surface area contributed by atoms with Crippen LogP contribution < -0.4 is 15.5 Å². The number of nitrogens with zero attached hydrogens (tertiary/aromatic N) is 1. The van der Waals surface area contributed by atoms with E-state index in [1.807, 2.05) is 0 Å². The van der Waals surface area contributed by atoms with Crippen molar-refractivity contribution in [3.8, 4) is 11.5 Å². The Bertz CT molecular complexity index is 1080. The second kappa shape index (κ2) is 11.0. The molecule has 1 aromatic carbocycles. The molecular formula is C23H27N3O6S. The number of benzene rings is 1. The molecule has 1 heterocycles. The van der Waals surface area contributed by atoms with E-state index in [4.69, 9.17) is 9.47 Å². The van der Waals surface area contributed by atoms with Gasteiger partial charge in [0.25, 0.3) is 0 Å². The summed E-state index contributed by atoms with van der Waals surface area (Å²) in [5.74, 6) is -1.67. The van der Waals surface area contributed by atoms with Gasteiger partial charge in [-0.25, -0.2) is 10.2 Å². The maximum absolute atomic E-state index is 12.5. The Hall–Kier alpha value is -3.40. The first-order valence-corrected chi connectivity index (χ1v) is 11.6. The van der Waals surface area contributed by atoms with Gasteiger partial charge in [-0.05, 0) is 68.4 Å². The largest absolute Gasteiger partial charge is 0.504 e. The molecule has 0 saturated heterocycles. The monoisotopic (exact) mass is 473 g/mol. The van der Waals surface area contributed by atoms with E-state index in [1.54, 1.807) is 26.0 Å². The molecule has 0 saturated carbocycles. The second-order valence-electron chi connectivity index (χ2n) is 7.59. The smallest absolute Gasteiger partial charge is 0.341 e. The number of carbonyl (C=O) groups excluding carboxylic acids is 3. The fraction of sp³-hybridized carbons (Fsp3) is 0.391. The van der Waals surface area contributed by atoms with Crippen LogP contribution in [0, 0.1) is 5.92 Å². The molecule has 0 unspecified atom stereocenters. The van der Waals surface area contributed by atoms with Gasteiger partial charge in [0, 0.05) is 4.88 Å². The summed E-state index contributed by atoms with van der Waals surface area (Å²) in [5, 5.41) is 16.4. The quantitative estimate of drug-likeness (QED) is 0.245. The van der Waals surface area contributed by atoms with Gasteiger partial charge in [-0.1, -0.05) is 6.92 Å². The van der Waals surface area contributed by atoms with E-state index in [2.05, 4.69) is 22.8 Å². The fourth-order valence-electron chi connectivity index (χ4n) is 3.52. The van der Waals surface area contributed by atoms with Crippen molar-refractivity contribution in [1.29, 1.82) is 0 Å². The number of thiophene rings is 1. The van der Waals surface area contributed by atoms with Crippen molar-refractivity contribution in [2.24, 2.45) is 11.0 Å². The third-order valence-corrected chi connectivity index (χ3v) is 6.26. The van der Waals surface area contributed by atoms with E-state index in [1.165, 1.54) is 23.6 Å². The van der Waals surface area contributed by atoms with E-state index >= 15 is 0 Å². The molecule has 176 valence electrons. The van der Waals surface area contributed by atoms with Gasteiger partial charge in [-0.15, -0.1) is 11.3 Å². The van der Waals surface area contributed by atoms with Crippen LogP contribution in [0.1, 0.15) is 53.6 Å². The van der Waals surface area contributed by atoms with Gasteiger partial charge < -0.3 is 19.9 Å². The number of fused-ring (bicyclic) bond motifs is 1. The zero-order valence-electron chi connectivity index (χ0n) is 18.8. The minimum absolute atomic E-state index is 0.0112. The standard InChI is InChI=1S/C23H27N3O6S/c1-4-31-17-11-14(7-9-16(17)27)12-24-26-21(29)20(28)25-22-19(23(30)32-5-2)15-8-6-13(3)10-18(15)33-22/h7,9,11-13,27H,4-6,8,10H2,1-3H3,(H,25,28)(H,26,29)/b24-12-/t13-/m0/s1. The van der Waals surface area contributed by atoms with Crippen molar-refractivity contribution < 1.29 is 29.0 Å². The topological polar surface area (TPSA) is 126 Å². The number of phenolic OH excluding ortho intramolecular Hbond substituents is 1. The number of hydrogen-bond acceptors (Lipinski definition) is 8. The van der Waals surface area contributed by atoms with Crippen LogP contribution in [0.3, 0.4) is 0 Å². The van der Waals surface area contributed by atoms with Crippen LogP contribution in [0.4, 0.5) is 5.00 Å². The highest BCUT2D eigenvalue weighted by molar-refractivity contribution is 7.17. The lowest BCUT2D eigenvalue weighted by Gasteiger charge is -2.18. The average molecular weight is 474 g/mol. The third-order valence-electron chi connectivity index (χ3n) is 5.09. The summed E-state index contributed by atoms with van der Waals surface area (Å²) in [6.07, 6.45) is 3.81. The molecule has 10 heteroatoms. The first-order chi connectivity index (χ1) is 15.8. The van der Waals surface area contributed by atoms with Gasteiger partial charge in [0.2, 0.25) is 0 Å². The van der Waals surface area contributed by atoms with Crippen molar-refractivity contribution in [3.05, 3.63) is 39.8 Å². The molecule has 0 bridgehead atoms. The molecule has 1 atom stereocenters. The molecule has 9 nitrogen and oxygen atoms in total. The van der Waals surface area contributed by atoms with Gasteiger partial charge >= 0.3 is 17.8 Å². The molecule has 0 aliphatic heterocycles. The molecular weight excluding hydrogens is 446 g/mol. The minimum atomic E-state index is -0.982. The maximum atomic E-state index is 12.5. The molecule has 1 aromatic heterocycles. The van der Waals surface area contributed by atoms with E-state index < -0.39 is 17.8 Å². The van der Waals surface area contributed by atoms with Crippen LogP contribution in [0.2, 0.25) is 0 Å². The number of nitrogens with one attached hydrogen (secondary N) is 2. The Morgan fingerprint density at radius 3 is 2.76 bits per heavy atom. The SMILES string of the molecule is CCOC(=O)c1c(NC(=O)C(=O)N/N=C\c2ccc(O)c(OCC)c2)sc2c1CC[C@H](C)C2. The summed E-state index contributed by atoms with van der Waals surface area (Å²) < 4.78 is 10.5. The van der Waals surface area contributed by atoms with Crippen LogP contribution in [0.25, 0.3) is 0 Å². The Kier molecular flexibility index (Phi) is 8.05. The fourth-order valence-corrected chi connectivity index (χ4v) is 4.91. The number of hydrazone groups is 1. The Morgan fingerprint density at radius 1 is 1.24 bits per heavy atom. The van der Waals surface area contributed by atoms with Crippen molar-refractivity contribution in [3.63, 3.8) is 0 Å². The van der Waals surface area contributed by atoms with Crippen LogP contribution in [0.15, 0.2) is 23.3 Å². The summed E-state index contributed by atoms with van der Waals surface area (Å²) >= 11 is 1.31. The van der Waals surface area contributed by atoms with Crippen LogP contribution in [-0.2, 0) is 27.2 Å². The zero-order chi connectivity index (χ0) is 24.0. The van der Waals surface area contributed by atoms with Gasteiger partial charge in [-0.2, -0.15) is 5.10 Å². The molecule has 1 aliphatic carbocycles. The number of esters is 1. The van der Waals surface area contributed by atoms with Crippen molar-refractivity contribution in [1.82, 2.24) is 5.43 Å². The van der Waals surface area contributed by atoms with E-state index in [9.17, 15) is 19.5 Å². The highest BCUT2D eigenvalue weighted by Crippen LogP contribution is 2.40. The van der Waals surface area contributed by atoms with Crippen molar-refractivity contribution >= 4 is 40.3 Å². The van der Waals surface area contributed by atoms with Gasteiger partial charge in [0.05, 0.1) is 25.0 Å². The molecule has 33 heavy (non-hydrogen) atoms. The van der Waals surface area contributed by atoms with Gasteiger partial charge in [-0.3, -0.25) is 9.59 Å². The molecule has 2 aromatic rings. The molecule has 0 fully saturated rings. The molecule has 0 radical (unpaired) electrons. The lowest BCUT2D eigenvalue weighted by molar-refractivity contribution is -0.136. The highest BCUT2D eigenvalue weighted by atomic mass is 32.1. The lowest BCUT2D eigenvalue weighted by Crippen LogP contribution is -2.32. The number of rotatable bonds is 7. The zero-order valence-corrected chi connectivity index (χ0v) is 19.6. The Labute approximate surface area is 195 Å². The Morgan fingerprint density at radius 2 is 2.03 bits per heavy atom. The normalized spacial score (nSPS) is 15.1. The Balaban J connectivity index is 1.70. The summed E-state index contributed by atoms with van der Waals surface area (Å²) in [6, 6.07) is 4.57. The number of anilines is 1. The lowest BCUT2D eigenvalue weighted by atomic mass is 9.88. The first-order valence-electron chi connectivity index (χ1n) is 10.8. The summed E-state index contributed by atoms with van der Waals surface area (Å²) in [7, 11) is 0. The van der Waals surface area contributed by atoms with Crippen LogP contribution >= 0.6 is 11.3 Å². The predicted octanol–water partition coefficient (Wildman–Crippen LogP) is 3.24. The molecule has 0 spiro atoms. The number of carbonyl (C=O) groups is 3. The van der Waals surface area contributed by atoms with Gasteiger partial charge in [0.1, 0.15) is 5.00 Å². The molecule has 1 aliphatic rings. The van der Waals surface area contributed by atoms with Crippen LogP contribution in [-0.4, -0.2) is 42.3 Å². The maximum Gasteiger partial charge on any atom is 0.341 e. The summed E-state index contributed by atoms with van der Waals surface area (Å²) in [4.78, 5) is 38.3. The number of phenols is 1. The summed E-state index contributed by atoms with van der Waals surface area (Å²) in [6.45, 7) is 6.24. The summed E-state index contributed by atoms with van der Waals surface area (Å²) in [5.41, 5.74) is 3.95. The molecule has 3 rings (SSSR count). The van der Waals surface area contributed by atoms with E-state index in [-0.39, 0.29) is 18.1 Å².